The molecule has 0 amide bonds. The quantitative estimate of drug-likeness (QED) is 0.541. The zero-order valence-electron chi connectivity index (χ0n) is 19.3. The molecule has 6 heteroatoms. The Morgan fingerprint density at radius 1 is 1.27 bits per heavy atom. The van der Waals surface area contributed by atoms with Crippen molar-refractivity contribution in [2.24, 2.45) is 11.3 Å². The number of hydrogen-bond donors (Lipinski definition) is 2. The molecule has 1 saturated heterocycles. The van der Waals surface area contributed by atoms with Gasteiger partial charge >= 0.3 is 5.97 Å². The summed E-state index contributed by atoms with van der Waals surface area (Å²) >= 11 is 0. The Labute approximate surface area is 194 Å². The third-order valence-corrected chi connectivity index (χ3v) is 10.0. The van der Waals surface area contributed by atoms with Crippen molar-refractivity contribution < 1.29 is 24.5 Å². The van der Waals surface area contributed by atoms with Gasteiger partial charge in [-0.15, -0.1) is 0 Å². The molecule has 2 aliphatic heterocycles. The summed E-state index contributed by atoms with van der Waals surface area (Å²) in [7, 11) is 0. The lowest BCUT2D eigenvalue weighted by Crippen LogP contribution is -2.78. The average Bonchev–Trinajstić information content (AvgIpc) is 3.52. The summed E-state index contributed by atoms with van der Waals surface area (Å²) in [6.45, 7) is 4.21. The number of aliphatic hydroxyl groups is 1. The van der Waals surface area contributed by atoms with Gasteiger partial charge in [-0.25, -0.2) is 4.79 Å². The van der Waals surface area contributed by atoms with Gasteiger partial charge in [-0.2, -0.15) is 0 Å². The zero-order valence-corrected chi connectivity index (χ0v) is 19.3. The first-order valence-electron chi connectivity index (χ1n) is 12.8. The predicted molar refractivity (Wildman–Crippen MR) is 121 cm³/mol. The van der Waals surface area contributed by atoms with E-state index in [2.05, 4.69) is 4.90 Å². The Hall–Kier alpha value is -2.05. The van der Waals surface area contributed by atoms with E-state index < -0.39 is 11.0 Å². The molecule has 0 unspecified atom stereocenters. The second kappa shape index (κ2) is 6.54. The molecule has 2 heterocycles. The first-order valence-corrected chi connectivity index (χ1v) is 12.8. The van der Waals surface area contributed by atoms with Crippen LogP contribution < -0.4 is 4.74 Å². The molecule has 2 spiro atoms. The summed E-state index contributed by atoms with van der Waals surface area (Å²) in [5.41, 5.74) is 1.67. The number of rotatable bonds is 4. The molecule has 176 valence electrons. The number of aromatic hydroxyl groups is 1. The summed E-state index contributed by atoms with van der Waals surface area (Å²) in [6.07, 6.45) is 8.98. The van der Waals surface area contributed by atoms with Crippen molar-refractivity contribution in [3.63, 3.8) is 0 Å². The molecular formula is C27H33NO5. The highest BCUT2D eigenvalue weighted by Crippen LogP contribution is 2.72. The molecule has 4 fully saturated rings. The van der Waals surface area contributed by atoms with Crippen molar-refractivity contribution in [1.82, 2.24) is 4.90 Å². The number of phenols is 1. The number of ether oxygens (including phenoxy) is 2. The standard InChI is InChI=1S/C27H33NO5/c1-2-32-21(30)14-18-7-8-25(18)9-10-27(31)20-13-17-5-6-19(29)23-22(17)26(27,24(25)33-23)11-12-28(20)15-16-3-4-16/h5-6,14,16,20,24,29,31H,2-4,7-13,15H2,1H3/b18-14+/t20-,24-,25-,26-,27+/m0/s1. The van der Waals surface area contributed by atoms with Gasteiger partial charge in [-0.1, -0.05) is 11.6 Å². The SMILES string of the molecule is CCOC(=O)/C=C1\CC[C@]12CC[C@@]1(O)[C@@H]3Cc4ccc(O)c5c4[C@@]1(CCN3CC1CC1)[C@H]2O5. The van der Waals surface area contributed by atoms with Gasteiger partial charge in [0.15, 0.2) is 11.5 Å². The summed E-state index contributed by atoms with van der Waals surface area (Å²) in [5, 5.41) is 23.4. The van der Waals surface area contributed by atoms with Crippen LogP contribution in [0, 0.1) is 11.3 Å². The van der Waals surface area contributed by atoms with Gasteiger partial charge in [0.1, 0.15) is 6.10 Å². The minimum atomic E-state index is -0.882. The number of fused-ring (bicyclic) bond motifs is 1. The maximum absolute atomic E-state index is 12.6. The Balaban J connectivity index is 1.38. The fourth-order valence-electron chi connectivity index (χ4n) is 8.32. The van der Waals surface area contributed by atoms with E-state index in [-0.39, 0.29) is 29.3 Å². The van der Waals surface area contributed by atoms with Crippen LogP contribution in [0.4, 0.5) is 0 Å². The van der Waals surface area contributed by atoms with E-state index in [1.807, 2.05) is 13.0 Å². The number of carbonyl (C=O) groups excluding carboxylic acids is 1. The zero-order chi connectivity index (χ0) is 22.6. The van der Waals surface area contributed by atoms with E-state index in [9.17, 15) is 15.0 Å². The summed E-state index contributed by atoms with van der Waals surface area (Å²) in [6, 6.07) is 3.89. The minimum Gasteiger partial charge on any atom is -0.504 e. The van der Waals surface area contributed by atoms with Crippen molar-refractivity contribution in [2.75, 3.05) is 19.7 Å². The molecule has 0 radical (unpaired) electrons. The van der Waals surface area contributed by atoms with Crippen LogP contribution in [0.1, 0.15) is 63.0 Å². The monoisotopic (exact) mass is 451 g/mol. The third kappa shape index (κ3) is 2.39. The van der Waals surface area contributed by atoms with E-state index in [4.69, 9.17) is 9.47 Å². The molecule has 4 aliphatic carbocycles. The van der Waals surface area contributed by atoms with Crippen molar-refractivity contribution in [2.45, 2.75) is 81.5 Å². The van der Waals surface area contributed by atoms with Crippen molar-refractivity contribution >= 4 is 5.97 Å². The predicted octanol–water partition coefficient (Wildman–Crippen LogP) is 3.23. The van der Waals surface area contributed by atoms with Crippen molar-refractivity contribution in [1.29, 1.82) is 0 Å². The second-order valence-corrected chi connectivity index (χ2v) is 11.3. The van der Waals surface area contributed by atoms with Gasteiger partial charge in [0.05, 0.1) is 17.6 Å². The van der Waals surface area contributed by atoms with Crippen LogP contribution >= 0.6 is 0 Å². The Bertz CT molecular complexity index is 1080. The number of esters is 1. The summed E-state index contributed by atoms with van der Waals surface area (Å²) < 4.78 is 11.9. The number of carbonyl (C=O) groups is 1. The summed E-state index contributed by atoms with van der Waals surface area (Å²) in [4.78, 5) is 14.9. The average molecular weight is 452 g/mol. The Morgan fingerprint density at radius 2 is 2.12 bits per heavy atom. The molecule has 6 aliphatic rings. The Kier molecular flexibility index (Phi) is 4.03. The first kappa shape index (κ1) is 20.3. The highest BCUT2D eigenvalue weighted by atomic mass is 16.5. The van der Waals surface area contributed by atoms with Crippen LogP contribution in [0.2, 0.25) is 0 Å². The molecule has 33 heavy (non-hydrogen) atoms. The molecule has 7 rings (SSSR count). The van der Waals surface area contributed by atoms with Gasteiger partial charge < -0.3 is 19.7 Å². The van der Waals surface area contributed by atoms with Crippen LogP contribution in [0.5, 0.6) is 11.5 Å². The van der Waals surface area contributed by atoms with Gasteiger partial charge in [0.25, 0.3) is 0 Å². The second-order valence-electron chi connectivity index (χ2n) is 11.3. The van der Waals surface area contributed by atoms with E-state index in [1.165, 1.54) is 18.4 Å². The molecule has 5 atom stereocenters. The van der Waals surface area contributed by atoms with E-state index in [0.29, 0.717) is 18.8 Å². The summed E-state index contributed by atoms with van der Waals surface area (Å²) in [5.74, 6) is 1.23. The fraction of sp³-hybridized carbons (Fsp3) is 0.667. The van der Waals surface area contributed by atoms with Crippen LogP contribution in [0.15, 0.2) is 23.8 Å². The smallest absolute Gasteiger partial charge is 0.330 e. The number of hydrogen-bond acceptors (Lipinski definition) is 6. The van der Waals surface area contributed by atoms with Crippen molar-refractivity contribution in [3.8, 4) is 11.5 Å². The normalized spacial score (nSPS) is 41.5. The molecule has 1 aromatic rings. The number of benzene rings is 1. The van der Waals surface area contributed by atoms with Crippen LogP contribution in [-0.2, 0) is 21.4 Å². The maximum atomic E-state index is 12.6. The molecule has 3 saturated carbocycles. The lowest BCUT2D eigenvalue weighted by molar-refractivity contribution is -0.218. The molecule has 0 aromatic heterocycles. The van der Waals surface area contributed by atoms with E-state index in [1.54, 1.807) is 12.1 Å². The van der Waals surface area contributed by atoms with Crippen LogP contribution in [-0.4, -0.2) is 58.5 Å². The van der Waals surface area contributed by atoms with E-state index >= 15 is 0 Å². The first-order chi connectivity index (χ1) is 15.9. The van der Waals surface area contributed by atoms with Gasteiger partial charge in [0.2, 0.25) is 0 Å². The fourth-order valence-corrected chi connectivity index (χ4v) is 8.32. The van der Waals surface area contributed by atoms with Gasteiger partial charge in [-0.3, -0.25) is 4.90 Å². The van der Waals surface area contributed by atoms with Crippen LogP contribution in [0.25, 0.3) is 0 Å². The lowest BCUT2D eigenvalue weighted by Gasteiger charge is -2.68. The number of piperidine rings is 1. The Morgan fingerprint density at radius 3 is 2.85 bits per heavy atom. The maximum Gasteiger partial charge on any atom is 0.330 e. The van der Waals surface area contributed by atoms with Gasteiger partial charge in [-0.05, 0) is 82.4 Å². The molecule has 2 N–H and O–H groups in total. The van der Waals surface area contributed by atoms with Crippen molar-refractivity contribution in [3.05, 3.63) is 34.9 Å². The van der Waals surface area contributed by atoms with Gasteiger partial charge in [0, 0.05) is 29.6 Å². The molecular weight excluding hydrogens is 418 g/mol. The topological polar surface area (TPSA) is 79.2 Å². The largest absolute Gasteiger partial charge is 0.504 e. The van der Waals surface area contributed by atoms with Crippen LogP contribution in [0.3, 0.4) is 0 Å². The number of phenolic OH excluding ortho intramolecular Hbond substituents is 1. The molecule has 2 bridgehead atoms. The van der Waals surface area contributed by atoms with E-state index in [0.717, 1.165) is 62.2 Å². The molecule has 6 nitrogen and oxygen atoms in total. The number of likely N-dealkylation sites (tertiary alicyclic amines) is 1. The lowest BCUT2D eigenvalue weighted by atomic mass is 9.40. The molecule has 1 aromatic carbocycles. The number of nitrogens with zero attached hydrogens (tertiary/aromatic N) is 1. The minimum absolute atomic E-state index is 0.0795. The highest BCUT2D eigenvalue weighted by Gasteiger charge is 2.77. The highest BCUT2D eigenvalue weighted by molar-refractivity contribution is 5.83. The third-order valence-electron chi connectivity index (χ3n) is 10.0.